The summed E-state index contributed by atoms with van der Waals surface area (Å²) < 4.78 is 0. The number of carbonyl (C=O) groups is 2. The Balaban J connectivity index is 1.72. The fourth-order valence-electron chi connectivity index (χ4n) is 2.90. The molecule has 0 bridgehead atoms. The number of hydrogen-bond donors (Lipinski definition) is 1. The Bertz CT molecular complexity index is 521. The lowest BCUT2D eigenvalue weighted by Crippen LogP contribution is -2.47. The molecule has 7 heteroatoms. The first-order chi connectivity index (χ1) is 10.3. The van der Waals surface area contributed by atoms with E-state index in [0.717, 1.165) is 19.4 Å². The molecule has 0 spiro atoms. The van der Waals surface area contributed by atoms with Crippen LogP contribution in [0.3, 0.4) is 0 Å². The molecule has 0 aliphatic carbocycles. The van der Waals surface area contributed by atoms with Crippen LogP contribution < -0.4 is 10.2 Å². The smallest absolute Gasteiger partial charge is 0.245 e. The maximum Gasteiger partial charge on any atom is 0.245 e. The number of aromatic nitrogens is 2. The van der Waals surface area contributed by atoms with E-state index >= 15 is 0 Å². The molecule has 7 nitrogen and oxygen atoms in total. The average molecular weight is 289 g/mol. The highest BCUT2D eigenvalue weighted by Gasteiger charge is 2.35. The van der Waals surface area contributed by atoms with Gasteiger partial charge in [0, 0.05) is 45.0 Å². The number of nitrogens with zero attached hydrogens (tertiary/aromatic N) is 4. The van der Waals surface area contributed by atoms with E-state index in [1.807, 2.05) is 4.90 Å². The minimum atomic E-state index is -0.208. The van der Waals surface area contributed by atoms with Crippen LogP contribution in [-0.2, 0) is 9.59 Å². The zero-order valence-corrected chi connectivity index (χ0v) is 11.9. The minimum Gasteiger partial charge on any atom is -0.354 e. The average Bonchev–Trinajstić information content (AvgIpc) is 2.90. The standard InChI is InChI=1S/C14H19N5O2/c20-12-4-9-18(10-7-15-12)13(21)11-3-1-8-19(11)14-16-5-2-6-17-14/h2,5-6,11H,1,3-4,7-10H2,(H,15,20). The molecule has 0 aromatic carbocycles. The van der Waals surface area contributed by atoms with Crippen LogP contribution in [-0.4, -0.2) is 58.9 Å². The van der Waals surface area contributed by atoms with Gasteiger partial charge in [-0.25, -0.2) is 9.97 Å². The molecule has 2 aliphatic rings. The molecular weight excluding hydrogens is 270 g/mol. The SMILES string of the molecule is O=C1CCN(C(=O)C2CCCN2c2ncccn2)CCN1. The molecule has 2 amide bonds. The number of amides is 2. The fraction of sp³-hybridized carbons (Fsp3) is 0.571. The van der Waals surface area contributed by atoms with Crippen LogP contribution in [0.5, 0.6) is 0 Å². The van der Waals surface area contributed by atoms with Gasteiger partial charge in [-0.2, -0.15) is 0 Å². The highest BCUT2D eigenvalue weighted by atomic mass is 16.2. The number of anilines is 1. The van der Waals surface area contributed by atoms with Crippen molar-refractivity contribution in [2.75, 3.05) is 31.1 Å². The maximum atomic E-state index is 12.7. The van der Waals surface area contributed by atoms with E-state index in [0.29, 0.717) is 32.0 Å². The molecule has 1 aromatic rings. The Kier molecular flexibility index (Phi) is 3.98. The van der Waals surface area contributed by atoms with Crippen LogP contribution in [0.2, 0.25) is 0 Å². The number of carbonyl (C=O) groups excluding carboxylic acids is 2. The highest BCUT2D eigenvalue weighted by molar-refractivity contribution is 5.86. The van der Waals surface area contributed by atoms with Crippen molar-refractivity contribution in [3.05, 3.63) is 18.5 Å². The van der Waals surface area contributed by atoms with E-state index in [1.54, 1.807) is 23.4 Å². The van der Waals surface area contributed by atoms with Crippen molar-refractivity contribution < 1.29 is 9.59 Å². The van der Waals surface area contributed by atoms with Crippen molar-refractivity contribution in [2.45, 2.75) is 25.3 Å². The van der Waals surface area contributed by atoms with Gasteiger partial charge in [-0.15, -0.1) is 0 Å². The van der Waals surface area contributed by atoms with Crippen LogP contribution in [0.15, 0.2) is 18.5 Å². The van der Waals surface area contributed by atoms with Gasteiger partial charge in [0.1, 0.15) is 6.04 Å². The normalized spacial score (nSPS) is 22.9. The third-order valence-corrected chi connectivity index (χ3v) is 3.97. The Morgan fingerprint density at radius 2 is 2.05 bits per heavy atom. The lowest BCUT2D eigenvalue weighted by atomic mass is 10.2. The molecule has 2 aliphatic heterocycles. The number of rotatable bonds is 2. The van der Waals surface area contributed by atoms with Gasteiger partial charge in [0.25, 0.3) is 0 Å². The van der Waals surface area contributed by atoms with Crippen molar-refractivity contribution in [3.63, 3.8) is 0 Å². The van der Waals surface area contributed by atoms with Gasteiger partial charge in [0.05, 0.1) is 0 Å². The van der Waals surface area contributed by atoms with Crippen molar-refractivity contribution in [2.24, 2.45) is 0 Å². The minimum absolute atomic E-state index is 0.0139. The molecule has 112 valence electrons. The first-order valence-corrected chi connectivity index (χ1v) is 7.35. The third kappa shape index (κ3) is 2.96. The summed E-state index contributed by atoms with van der Waals surface area (Å²) in [5.41, 5.74) is 0. The molecule has 1 aromatic heterocycles. The molecule has 1 N–H and O–H groups in total. The largest absolute Gasteiger partial charge is 0.354 e. The Morgan fingerprint density at radius 1 is 1.24 bits per heavy atom. The Morgan fingerprint density at radius 3 is 2.86 bits per heavy atom. The molecule has 2 saturated heterocycles. The summed E-state index contributed by atoms with van der Waals surface area (Å²) in [6.45, 7) is 2.39. The molecule has 1 unspecified atom stereocenters. The second-order valence-electron chi connectivity index (χ2n) is 5.33. The van der Waals surface area contributed by atoms with E-state index in [4.69, 9.17) is 0 Å². The molecular formula is C14H19N5O2. The van der Waals surface area contributed by atoms with Crippen molar-refractivity contribution >= 4 is 17.8 Å². The molecule has 0 saturated carbocycles. The predicted octanol–water partition coefficient (Wildman–Crippen LogP) is -0.206. The molecule has 21 heavy (non-hydrogen) atoms. The van der Waals surface area contributed by atoms with Crippen LogP contribution in [0.1, 0.15) is 19.3 Å². The molecule has 1 atom stereocenters. The maximum absolute atomic E-state index is 12.7. The van der Waals surface area contributed by atoms with Crippen molar-refractivity contribution in [1.82, 2.24) is 20.2 Å². The van der Waals surface area contributed by atoms with E-state index in [-0.39, 0.29) is 17.9 Å². The van der Waals surface area contributed by atoms with Gasteiger partial charge in [-0.1, -0.05) is 0 Å². The van der Waals surface area contributed by atoms with Crippen LogP contribution in [0, 0.1) is 0 Å². The van der Waals surface area contributed by atoms with Crippen molar-refractivity contribution in [3.8, 4) is 0 Å². The van der Waals surface area contributed by atoms with E-state index in [2.05, 4.69) is 15.3 Å². The summed E-state index contributed by atoms with van der Waals surface area (Å²) in [4.78, 5) is 36.4. The monoisotopic (exact) mass is 289 g/mol. The molecule has 0 radical (unpaired) electrons. The van der Waals surface area contributed by atoms with Crippen molar-refractivity contribution in [1.29, 1.82) is 0 Å². The summed E-state index contributed by atoms with van der Waals surface area (Å²) in [5, 5.41) is 2.79. The van der Waals surface area contributed by atoms with E-state index < -0.39 is 0 Å². The van der Waals surface area contributed by atoms with Gasteiger partial charge in [-0.05, 0) is 18.9 Å². The van der Waals surface area contributed by atoms with Crippen LogP contribution in [0.25, 0.3) is 0 Å². The lowest BCUT2D eigenvalue weighted by molar-refractivity contribution is -0.132. The van der Waals surface area contributed by atoms with E-state index in [9.17, 15) is 9.59 Å². The summed E-state index contributed by atoms with van der Waals surface area (Å²) in [7, 11) is 0. The number of nitrogens with one attached hydrogen (secondary N) is 1. The summed E-state index contributed by atoms with van der Waals surface area (Å²) in [6, 6.07) is 1.56. The molecule has 3 heterocycles. The van der Waals surface area contributed by atoms with Gasteiger partial charge >= 0.3 is 0 Å². The van der Waals surface area contributed by atoms with Gasteiger partial charge in [0.15, 0.2) is 0 Å². The first kappa shape index (κ1) is 13.8. The van der Waals surface area contributed by atoms with Crippen LogP contribution in [0.4, 0.5) is 5.95 Å². The Labute approximate surface area is 123 Å². The van der Waals surface area contributed by atoms with Gasteiger partial charge < -0.3 is 15.1 Å². The highest BCUT2D eigenvalue weighted by Crippen LogP contribution is 2.23. The van der Waals surface area contributed by atoms with E-state index in [1.165, 1.54) is 0 Å². The summed E-state index contributed by atoms with van der Waals surface area (Å²) in [5.74, 6) is 0.703. The zero-order valence-electron chi connectivity index (χ0n) is 11.9. The fourth-order valence-corrected chi connectivity index (χ4v) is 2.90. The first-order valence-electron chi connectivity index (χ1n) is 7.35. The summed E-state index contributed by atoms with van der Waals surface area (Å²) >= 11 is 0. The van der Waals surface area contributed by atoms with Crippen LogP contribution >= 0.6 is 0 Å². The lowest BCUT2D eigenvalue weighted by Gasteiger charge is -2.29. The number of hydrogen-bond acceptors (Lipinski definition) is 5. The second kappa shape index (κ2) is 6.07. The predicted molar refractivity (Wildman–Crippen MR) is 76.6 cm³/mol. The molecule has 2 fully saturated rings. The van der Waals surface area contributed by atoms with Gasteiger partial charge in [-0.3, -0.25) is 9.59 Å². The zero-order chi connectivity index (χ0) is 14.7. The third-order valence-electron chi connectivity index (χ3n) is 3.97. The molecule has 3 rings (SSSR count). The topological polar surface area (TPSA) is 78.4 Å². The Hall–Kier alpha value is -2.18. The van der Waals surface area contributed by atoms with Gasteiger partial charge in [0.2, 0.25) is 17.8 Å². The summed E-state index contributed by atoms with van der Waals surface area (Å²) in [6.07, 6.45) is 5.53. The quantitative estimate of drug-likeness (QED) is 0.815. The second-order valence-corrected chi connectivity index (χ2v) is 5.33.